The molecule has 1 saturated carbocycles. The molecule has 96 valence electrons. The minimum absolute atomic E-state index is 0.428. The van der Waals surface area contributed by atoms with Gasteiger partial charge >= 0.3 is 0 Å². The van der Waals surface area contributed by atoms with Crippen LogP contribution in [0.4, 0.5) is 0 Å². The van der Waals surface area contributed by atoms with Crippen molar-refractivity contribution in [2.75, 3.05) is 13.6 Å². The molecule has 0 amide bonds. The average Bonchev–Trinajstić information content (AvgIpc) is 2.80. The summed E-state index contributed by atoms with van der Waals surface area (Å²) in [6, 6.07) is 1.73. The van der Waals surface area contributed by atoms with Gasteiger partial charge in [0.25, 0.3) is 10.0 Å². The predicted octanol–water partition coefficient (Wildman–Crippen LogP) is 3.10. The van der Waals surface area contributed by atoms with Gasteiger partial charge in [-0.15, -0.1) is 11.3 Å². The molecule has 1 fully saturated rings. The minimum atomic E-state index is -3.30. The van der Waals surface area contributed by atoms with Crippen LogP contribution < -0.4 is 0 Å². The summed E-state index contributed by atoms with van der Waals surface area (Å²) < 4.78 is 27.4. The van der Waals surface area contributed by atoms with E-state index in [9.17, 15) is 8.42 Å². The Morgan fingerprint density at radius 3 is 2.59 bits per heavy atom. The molecule has 3 nitrogen and oxygen atoms in total. The first-order chi connectivity index (χ1) is 7.82. The van der Waals surface area contributed by atoms with Gasteiger partial charge in [-0.3, -0.25) is 0 Å². The van der Waals surface area contributed by atoms with Gasteiger partial charge in [-0.1, -0.05) is 6.92 Å². The minimum Gasteiger partial charge on any atom is -0.206 e. The number of hydrogen-bond acceptors (Lipinski definition) is 3. The Labute approximate surface area is 115 Å². The van der Waals surface area contributed by atoms with Crippen molar-refractivity contribution in [2.45, 2.75) is 24.5 Å². The maximum absolute atomic E-state index is 12.3. The molecule has 17 heavy (non-hydrogen) atoms. The van der Waals surface area contributed by atoms with E-state index in [0.717, 1.165) is 15.8 Å². The van der Waals surface area contributed by atoms with Crippen molar-refractivity contribution in [3.8, 4) is 0 Å². The van der Waals surface area contributed by atoms with Gasteiger partial charge in [-0.05, 0) is 52.7 Å². The Hall–Kier alpha value is 0.0900. The van der Waals surface area contributed by atoms with Crippen molar-refractivity contribution in [1.82, 2.24) is 4.31 Å². The van der Waals surface area contributed by atoms with Crippen molar-refractivity contribution in [2.24, 2.45) is 11.8 Å². The van der Waals surface area contributed by atoms with Crippen LogP contribution >= 0.6 is 27.3 Å². The first kappa shape index (κ1) is 13.5. The fourth-order valence-electron chi connectivity index (χ4n) is 1.79. The third kappa shape index (κ3) is 2.75. The zero-order valence-corrected chi connectivity index (χ0v) is 13.3. The van der Waals surface area contributed by atoms with Crippen molar-refractivity contribution in [3.05, 3.63) is 15.4 Å². The molecule has 1 aromatic heterocycles. The lowest BCUT2D eigenvalue weighted by atomic mass is 10.3. The van der Waals surface area contributed by atoms with Crippen LogP contribution in [-0.2, 0) is 10.0 Å². The maximum atomic E-state index is 12.3. The van der Waals surface area contributed by atoms with E-state index in [1.807, 2.05) is 6.92 Å². The molecule has 1 aliphatic rings. The molecular weight excluding hydrogens is 322 g/mol. The third-order valence-corrected chi connectivity index (χ3v) is 7.68. The molecule has 1 heterocycles. The Balaban J connectivity index is 2.17. The molecule has 2 unspecified atom stereocenters. The highest BCUT2D eigenvalue weighted by atomic mass is 79.9. The lowest BCUT2D eigenvalue weighted by Crippen LogP contribution is -2.28. The number of hydrogen-bond donors (Lipinski definition) is 0. The molecule has 0 N–H and O–H groups in total. The molecule has 0 saturated heterocycles. The van der Waals surface area contributed by atoms with Crippen LogP contribution in [0.15, 0.2) is 14.1 Å². The van der Waals surface area contributed by atoms with Crippen molar-refractivity contribution in [1.29, 1.82) is 0 Å². The quantitative estimate of drug-likeness (QED) is 0.846. The molecule has 0 radical (unpaired) electrons. The monoisotopic (exact) mass is 337 g/mol. The molecule has 1 aromatic rings. The summed E-state index contributed by atoms with van der Waals surface area (Å²) in [5.41, 5.74) is 0.974. The number of rotatable bonds is 4. The molecule has 0 bridgehead atoms. The van der Waals surface area contributed by atoms with E-state index in [-0.39, 0.29) is 0 Å². The van der Waals surface area contributed by atoms with Gasteiger partial charge in [0.1, 0.15) is 4.21 Å². The molecule has 2 atom stereocenters. The highest BCUT2D eigenvalue weighted by molar-refractivity contribution is 9.11. The third-order valence-electron chi connectivity index (χ3n) is 3.27. The topological polar surface area (TPSA) is 37.4 Å². The highest BCUT2D eigenvalue weighted by Gasteiger charge is 2.36. The predicted molar refractivity (Wildman–Crippen MR) is 73.8 cm³/mol. The van der Waals surface area contributed by atoms with Crippen LogP contribution in [0, 0.1) is 18.8 Å². The summed E-state index contributed by atoms with van der Waals surface area (Å²) in [7, 11) is -1.63. The molecule has 0 spiro atoms. The van der Waals surface area contributed by atoms with Crippen molar-refractivity contribution < 1.29 is 8.42 Å². The molecule has 0 aromatic carbocycles. The SMILES string of the molecule is Cc1cc(S(=O)(=O)N(C)CC2CC2C)sc1Br. The lowest BCUT2D eigenvalue weighted by molar-refractivity contribution is 0.446. The van der Waals surface area contributed by atoms with Crippen LogP contribution in [0.25, 0.3) is 0 Å². The average molecular weight is 338 g/mol. The number of aryl methyl sites for hydroxylation is 1. The summed E-state index contributed by atoms with van der Waals surface area (Å²) in [6.07, 6.45) is 1.15. The van der Waals surface area contributed by atoms with E-state index >= 15 is 0 Å². The Kier molecular flexibility index (Phi) is 3.69. The Morgan fingerprint density at radius 2 is 2.18 bits per heavy atom. The van der Waals surface area contributed by atoms with Gasteiger partial charge in [-0.2, -0.15) is 4.31 Å². The Bertz CT molecular complexity index is 504. The summed E-state index contributed by atoms with van der Waals surface area (Å²) in [5.74, 6) is 1.21. The second kappa shape index (κ2) is 4.64. The summed E-state index contributed by atoms with van der Waals surface area (Å²) >= 11 is 4.65. The van der Waals surface area contributed by atoms with E-state index in [4.69, 9.17) is 0 Å². The van der Waals surface area contributed by atoms with Crippen LogP contribution in [0.3, 0.4) is 0 Å². The van der Waals surface area contributed by atoms with Gasteiger partial charge in [0.2, 0.25) is 0 Å². The zero-order valence-electron chi connectivity index (χ0n) is 10.1. The smallest absolute Gasteiger partial charge is 0.206 e. The number of nitrogens with zero attached hydrogens (tertiary/aromatic N) is 1. The Morgan fingerprint density at radius 1 is 1.59 bits per heavy atom. The standard InChI is InChI=1S/C11H16BrNO2S2/c1-7-4-9(7)6-13(3)17(14,15)10-5-8(2)11(12)16-10/h5,7,9H,4,6H2,1-3H3. The van der Waals surface area contributed by atoms with E-state index < -0.39 is 10.0 Å². The molecule has 0 aliphatic heterocycles. The van der Waals surface area contributed by atoms with Gasteiger partial charge in [0, 0.05) is 13.6 Å². The summed E-state index contributed by atoms with van der Waals surface area (Å²) in [5, 5.41) is 0. The van der Waals surface area contributed by atoms with E-state index in [1.54, 1.807) is 13.1 Å². The van der Waals surface area contributed by atoms with Crippen molar-refractivity contribution in [3.63, 3.8) is 0 Å². The molecule has 6 heteroatoms. The van der Waals surface area contributed by atoms with Crippen LogP contribution in [-0.4, -0.2) is 26.3 Å². The normalized spacial score (nSPS) is 24.3. The second-order valence-corrected chi connectivity index (χ2v) is 9.42. The lowest BCUT2D eigenvalue weighted by Gasteiger charge is -2.15. The van der Waals surface area contributed by atoms with Gasteiger partial charge in [0.05, 0.1) is 3.79 Å². The summed E-state index contributed by atoms with van der Waals surface area (Å²) in [6.45, 7) is 4.71. The molecule has 2 rings (SSSR count). The summed E-state index contributed by atoms with van der Waals surface area (Å²) in [4.78, 5) is 0. The first-order valence-corrected chi connectivity index (χ1v) is 8.59. The largest absolute Gasteiger partial charge is 0.252 e. The fraction of sp³-hybridized carbons (Fsp3) is 0.636. The second-order valence-electron chi connectivity index (χ2n) is 4.78. The maximum Gasteiger partial charge on any atom is 0.252 e. The molecular formula is C11H16BrNO2S2. The van der Waals surface area contributed by atoms with E-state index in [0.29, 0.717) is 22.6 Å². The van der Waals surface area contributed by atoms with Crippen molar-refractivity contribution >= 4 is 37.3 Å². The van der Waals surface area contributed by atoms with Gasteiger partial charge < -0.3 is 0 Å². The van der Waals surface area contributed by atoms with E-state index in [1.165, 1.54) is 15.6 Å². The molecule has 1 aliphatic carbocycles. The van der Waals surface area contributed by atoms with Crippen LogP contribution in [0.1, 0.15) is 18.9 Å². The van der Waals surface area contributed by atoms with Gasteiger partial charge in [0.15, 0.2) is 0 Å². The van der Waals surface area contributed by atoms with Crippen LogP contribution in [0.2, 0.25) is 0 Å². The fourth-order valence-corrected chi connectivity index (χ4v) is 5.46. The highest BCUT2D eigenvalue weighted by Crippen LogP contribution is 2.39. The first-order valence-electron chi connectivity index (χ1n) is 5.54. The zero-order chi connectivity index (χ0) is 12.8. The number of thiophene rings is 1. The number of halogens is 1. The number of sulfonamides is 1. The van der Waals surface area contributed by atoms with E-state index in [2.05, 4.69) is 22.9 Å². The van der Waals surface area contributed by atoms with Gasteiger partial charge in [-0.25, -0.2) is 8.42 Å². The van der Waals surface area contributed by atoms with Crippen LogP contribution in [0.5, 0.6) is 0 Å².